The molecule has 0 bridgehead atoms. The molecule has 1 saturated heterocycles. The number of cyclic esters (lactones) is 1. The number of benzene rings is 1. The van der Waals surface area contributed by atoms with E-state index in [1.54, 1.807) is 6.07 Å². The van der Waals surface area contributed by atoms with E-state index in [1.807, 2.05) is 42.5 Å². The molecule has 0 unspecified atom stereocenters. The Labute approximate surface area is 187 Å². The average molecular weight is 437 g/mol. The molecule has 2 aliphatic heterocycles. The molecule has 1 aliphatic carbocycles. The quantitative estimate of drug-likeness (QED) is 0.506. The number of ether oxygens (including phenoxy) is 3. The van der Waals surface area contributed by atoms with Gasteiger partial charge in [0.2, 0.25) is 0 Å². The van der Waals surface area contributed by atoms with Crippen molar-refractivity contribution in [3.8, 4) is 11.3 Å². The predicted octanol–water partition coefficient (Wildman–Crippen LogP) is 4.54. The van der Waals surface area contributed by atoms with Gasteiger partial charge in [0.25, 0.3) is 0 Å². The van der Waals surface area contributed by atoms with Crippen LogP contribution in [0.15, 0.2) is 58.5 Å². The van der Waals surface area contributed by atoms with Crippen molar-refractivity contribution >= 4 is 11.9 Å². The van der Waals surface area contributed by atoms with Gasteiger partial charge < -0.3 is 18.6 Å². The topological polar surface area (TPSA) is 78.3 Å². The molecule has 168 valence electrons. The fourth-order valence-electron chi connectivity index (χ4n) is 5.23. The zero-order valence-electron chi connectivity index (χ0n) is 18.4. The third-order valence-electron chi connectivity index (χ3n) is 7.06. The molecule has 1 aromatic heterocycles. The van der Waals surface area contributed by atoms with Crippen LogP contribution in [-0.2, 0) is 30.4 Å². The van der Waals surface area contributed by atoms with Gasteiger partial charge in [-0.05, 0) is 42.7 Å². The predicted molar refractivity (Wildman–Crippen MR) is 116 cm³/mol. The van der Waals surface area contributed by atoms with Crippen LogP contribution < -0.4 is 0 Å². The Morgan fingerprint density at radius 3 is 2.69 bits per heavy atom. The van der Waals surface area contributed by atoms with Gasteiger partial charge in [-0.15, -0.1) is 0 Å². The summed E-state index contributed by atoms with van der Waals surface area (Å²) in [6.07, 6.45) is 3.75. The summed E-state index contributed by atoms with van der Waals surface area (Å²) in [6.45, 7) is 4.86. The van der Waals surface area contributed by atoms with E-state index in [-0.39, 0.29) is 31.0 Å². The van der Waals surface area contributed by atoms with Crippen molar-refractivity contribution in [1.29, 1.82) is 0 Å². The van der Waals surface area contributed by atoms with Crippen LogP contribution in [0.2, 0.25) is 0 Å². The Balaban J connectivity index is 1.31. The first-order chi connectivity index (χ1) is 15.5. The Bertz CT molecular complexity index is 1030. The highest BCUT2D eigenvalue weighted by Crippen LogP contribution is 2.54. The van der Waals surface area contributed by atoms with Gasteiger partial charge in [0.15, 0.2) is 0 Å². The molecule has 3 heterocycles. The zero-order valence-corrected chi connectivity index (χ0v) is 18.4. The molecule has 1 aromatic carbocycles. The number of rotatable bonds is 5. The molecule has 5 rings (SSSR count). The van der Waals surface area contributed by atoms with E-state index in [0.717, 1.165) is 24.2 Å². The third-order valence-corrected chi connectivity index (χ3v) is 7.06. The van der Waals surface area contributed by atoms with Crippen molar-refractivity contribution in [3.05, 3.63) is 59.9 Å². The second-order valence-corrected chi connectivity index (χ2v) is 9.36. The second-order valence-electron chi connectivity index (χ2n) is 9.36. The van der Waals surface area contributed by atoms with Crippen molar-refractivity contribution in [3.63, 3.8) is 0 Å². The minimum Gasteiger partial charge on any atom is -0.460 e. The van der Waals surface area contributed by atoms with Crippen molar-refractivity contribution in [2.24, 2.45) is 23.7 Å². The summed E-state index contributed by atoms with van der Waals surface area (Å²) in [6, 6.07) is 13.4. The minimum atomic E-state index is -0.477. The first kappa shape index (κ1) is 21.0. The van der Waals surface area contributed by atoms with Crippen LogP contribution in [0.25, 0.3) is 11.3 Å². The number of epoxide rings is 1. The van der Waals surface area contributed by atoms with Crippen LogP contribution in [0.4, 0.5) is 0 Å². The summed E-state index contributed by atoms with van der Waals surface area (Å²) in [4.78, 5) is 25.7. The molecule has 6 nitrogen and oxygen atoms in total. The maximum Gasteiger partial charge on any atom is 0.337 e. The highest BCUT2D eigenvalue weighted by atomic mass is 16.6. The molecular formula is C26H28O6. The van der Waals surface area contributed by atoms with Crippen molar-refractivity contribution in [1.82, 2.24) is 0 Å². The van der Waals surface area contributed by atoms with Crippen molar-refractivity contribution in [2.75, 3.05) is 13.2 Å². The molecular weight excluding hydrogens is 408 g/mol. The summed E-state index contributed by atoms with van der Waals surface area (Å²) in [5.41, 5.74) is 0.942. The summed E-state index contributed by atoms with van der Waals surface area (Å²) in [7, 11) is 0. The average Bonchev–Trinajstić information content (AvgIpc) is 3.43. The van der Waals surface area contributed by atoms with Gasteiger partial charge in [0.1, 0.15) is 30.3 Å². The largest absolute Gasteiger partial charge is 0.460 e. The number of allylic oxidation sites excluding steroid dienone is 1. The molecule has 1 saturated carbocycles. The normalized spacial score (nSPS) is 29.2. The van der Waals surface area contributed by atoms with Crippen LogP contribution in [0.3, 0.4) is 0 Å². The Morgan fingerprint density at radius 1 is 1.19 bits per heavy atom. The molecule has 0 N–H and O–H groups in total. The van der Waals surface area contributed by atoms with Gasteiger partial charge in [0.05, 0.1) is 18.1 Å². The standard InChI is InChI=1S/C26H28O6/c1-16(2)20-10-11-26(15-31-26)23-21(20)12-18(13-29-25(23)28)24(27)30-14-19-8-9-22(32-19)17-6-4-3-5-7-17/h3-9,12,16,20-21,23H,10-11,13-15H2,1-2H3/t20-,21-,23-,26-/m1/s1. The number of esters is 2. The molecule has 4 atom stereocenters. The SMILES string of the molecule is CC(C)[C@H]1CC[C@@]2(CO2)[C@H]2C(=O)OCC(C(=O)OCc3ccc(-c4ccccc4)o3)=C[C@H]12. The first-order valence-electron chi connectivity index (χ1n) is 11.3. The minimum absolute atomic E-state index is 0.0195. The Kier molecular flexibility index (Phi) is 5.41. The molecule has 6 heteroatoms. The molecule has 0 amide bonds. The first-order valence-corrected chi connectivity index (χ1v) is 11.3. The van der Waals surface area contributed by atoms with Crippen LogP contribution >= 0.6 is 0 Å². The van der Waals surface area contributed by atoms with Gasteiger partial charge in [-0.25, -0.2) is 4.79 Å². The van der Waals surface area contributed by atoms with E-state index in [0.29, 0.717) is 29.8 Å². The number of hydrogen-bond acceptors (Lipinski definition) is 6. The van der Waals surface area contributed by atoms with E-state index in [9.17, 15) is 9.59 Å². The number of furan rings is 1. The van der Waals surface area contributed by atoms with Crippen LogP contribution in [0.5, 0.6) is 0 Å². The summed E-state index contributed by atoms with van der Waals surface area (Å²) < 4.78 is 22.6. The number of fused-ring (bicyclic) bond motifs is 2. The summed E-state index contributed by atoms with van der Waals surface area (Å²) >= 11 is 0. The lowest BCUT2D eigenvalue weighted by Crippen LogP contribution is -2.45. The third kappa shape index (κ3) is 3.88. The molecule has 2 fully saturated rings. The Hall–Kier alpha value is -2.86. The van der Waals surface area contributed by atoms with Crippen LogP contribution in [0.1, 0.15) is 32.4 Å². The fraction of sp³-hybridized carbons (Fsp3) is 0.462. The lowest BCUT2D eigenvalue weighted by molar-refractivity contribution is -0.154. The highest BCUT2D eigenvalue weighted by Gasteiger charge is 2.62. The maximum atomic E-state index is 12.9. The molecule has 2 aromatic rings. The van der Waals surface area contributed by atoms with Crippen molar-refractivity contribution < 1.29 is 28.2 Å². The van der Waals surface area contributed by atoms with Gasteiger partial charge >= 0.3 is 11.9 Å². The zero-order chi connectivity index (χ0) is 22.3. The monoisotopic (exact) mass is 436 g/mol. The van der Waals surface area contributed by atoms with E-state index in [4.69, 9.17) is 18.6 Å². The lowest BCUT2D eigenvalue weighted by atomic mass is 9.63. The lowest BCUT2D eigenvalue weighted by Gasteiger charge is -2.40. The molecule has 1 spiro atoms. The molecule has 3 aliphatic rings. The van der Waals surface area contributed by atoms with Crippen LogP contribution in [-0.4, -0.2) is 30.8 Å². The van der Waals surface area contributed by atoms with Crippen LogP contribution in [0, 0.1) is 23.7 Å². The summed E-state index contributed by atoms with van der Waals surface area (Å²) in [5.74, 6) is 0.775. The highest BCUT2D eigenvalue weighted by molar-refractivity contribution is 5.90. The summed E-state index contributed by atoms with van der Waals surface area (Å²) in [5, 5.41) is 0. The number of carbonyl (C=O) groups excluding carboxylic acids is 2. The maximum absolute atomic E-state index is 12.9. The van der Waals surface area contributed by atoms with Gasteiger partial charge in [-0.3, -0.25) is 4.79 Å². The molecule has 32 heavy (non-hydrogen) atoms. The molecule has 0 radical (unpaired) electrons. The number of hydrogen-bond donors (Lipinski definition) is 0. The second kappa shape index (κ2) is 8.24. The Morgan fingerprint density at radius 2 is 1.97 bits per heavy atom. The van der Waals surface area contributed by atoms with Gasteiger partial charge in [-0.2, -0.15) is 0 Å². The van der Waals surface area contributed by atoms with E-state index >= 15 is 0 Å². The van der Waals surface area contributed by atoms with E-state index < -0.39 is 11.6 Å². The van der Waals surface area contributed by atoms with E-state index in [1.165, 1.54) is 0 Å². The van der Waals surface area contributed by atoms with Gasteiger partial charge in [-0.1, -0.05) is 50.3 Å². The fourth-order valence-corrected chi connectivity index (χ4v) is 5.23. The number of carbonyl (C=O) groups is 2. The van der Waals surface area contributed by atoms with Gasteiger partial charge in [0, 0.05) is 5.56 Å². The van der Waals surface area contributed by atoms with E-state index in [2.05, 4.69) is 13.8 Å². The van der Waals surface area contributed by atoms with Crippen molar-refractivity contribution in [2.45, 2.75) is 38.9 Å². The smallest absolute Gasteiger partial charge is 0.337 e.